The van der Waals surface area contributed by atoms with Gasteiger partial charge in [-0.3, -0.25) is 19.4 Å². The van der Waals surface area contributed by atoms with E-state index in [1.54, 1.807) is 6.20 Å². The third-order valence-corrected chi connectivity index (χ3v) is 9.29. The van der Waals surface area contributed by atoms with Crippen molar-refractivity contribution in [3.8, 4) is 22.5 Å². The molecule has 0 radical (unpaired) electrons. The van der Waals surface area contributed by atoms with Crippen molar-refractivity contribution < 1.29 is 14.4 Å². The Bertz CT molecular complexity index is 2210. The number of carbonyl (C=O) groups excluding carboxylic acids is 3. The molecular formula is C42H46N10O3. The second-order valence-electron chi connectivity index (χ2n) is 13.3. The van der Waals surface area contributed by atoms with Crippen LogP contribution in [-0.4, -0.2) is 63.3 Å². The van der Waals surface area contributed by atoms with E-state index in [9.17, 15) is 14.4 Å². The highest BCUT2D eigenvalue weighted by Gasteiger charge is 2.29. The fraction of sp³-hybridized carbons (Fsp3) is 0.214. The van der Waals surface area contributed by atoms with E-state index in [1.807, 2.05) is 103 Å². The van der Waals surface area contributed by atoms with Gasteiger partial charge in [0.2, 0.25) is 17.7 Å². The number of guanidine groups is 1. The van der Waals surface area contributed by atoms with Gasteiger partial charge in [-0.15, -0.1) is 0 Å². The van der Waals surface area contributed by atoms with Gasteiger partial charge in [0.05, 0.1) is 6.04 Å². The summed E-state index contributed by atoms with van der Waals surface area (Å²) in [4.78, 5) is 56.3. The standard InChI is InChI=1S/C42H46N10O3/c43-34(23-32-26-48-38(50-32)30-19-17-29(18-20-30)28-12-5-2-6-13-28)39(53)52-37(22-31-25-47-35-15-8-7-14-33(31)35)41(55)51-36(16-9-21-46-42(44)45)40(54)49-24-27-10-3-1-4-11-27/h1-8,10-15,17-20,25-26,34,36-37,47H,9,16,21-24,43H2,(H,48,50)(H,49,54)(H,51,55)(H,52,53)(H4,44,45,46)/t34-,36-,37-/m0/s1. The largest absolute Gasteiger partial charge is 0.370 e. The lowest BCUT2D eigenvalue weighted by molar-refractivity contribution is -0.132. The molecule has 13 heteroatoms. The Morgan fingerprint density at radius 3 is 2.13 bits per heavy atom. The van der Waals surface area contributed by atoms with Gasteiger partial charge in [0.25, 0.3) is 0 Å². The number of nitrogens with one attached hydrogen (secondary N) is 5. The Morgan fingerprint density at radius 2 is 1.38 bits per heavy atom. The maximum Gasteiger partial charge on any atom is 0.243 e. The number of nitrogens with two attached hydrogens (primary N) is 3. The molecule has 4 aromatic carbocycles. The van der Waals surface area contributed by atoms with Crippen molar-refractivity contribution in [2.75, 3.05) is 6.54 Å². The number of para-hydroxylation sites is 1. The van der Waals surface area contributed by atoms with Crippen molar-refractivity contribution in [1.82, 2.24) is 30.9 Å². The van der Waals surface area contributed by atoms with Gasteiger partial charge in [0.15, 0.2) is 5.96 Å². The van der Waals surface area contributed by atoms with Crippen LogP contribution in [0.5, 0.6) is 0 Å². The molecule has 55 heavy (non-hydrogen) atoms. The molecule has 0 saturated heterocycles. The first-order chi connectivity index (χ1) is 26.7. The van der Waals surface area contributed by atoms with E-state index in [0.717, 1.165) is 38.7 Å². The Kier molecular flexibility index (Phi) is 12.7. The van der Waals surface area contributed by atoms with Crippen LogP contribution in [0.15, 0.2) is 127 Å². The smallest absolute Gasteiger partial charge is 0.243 e. The molecule has 0 bridgehead atoms. The van der Waals surface area contributed by atoms with E-state index in [0.29, 0.717) is 17.9 Å². The normalized spacial score (nSPS) is 12.7. The van der Waals surface area contributed by atoms with Crippen LogP contribution < -0.4 is 33.2 Å². The molecule has 0 unspecified atom stereocenters. The minimum absolute atomic E-state index is 0.0594. The van der Waals surface area contributed by atoms with Crippen molar-refractivity contribution in [3.05, 3.63) is 138 Å². The van der Waals surface area contributed by atoms with E-state index in [1.165, 1.54) is 0 Å². The molecule has 0 aliphatic carbocycles. The van der Waals surface area contributed by atoms with Crippen LogP contribution in [0.2, 0.25) is 0 Å². The molecule has 0 aliphatic heterocycles. The molecule has 0 aliphatic rings. The molecule has 6 rings (SSSR count). The van der Waals surface area contributed by atoms with E-state index in [4.69, 9.17) is 17.2 Å². The van der Waals surface area contributed by atoms with Gasteiger partial charge in [-0.1, -0.05) is 103 Å². The molecule has 282 valence electrons. The lowest BCUT2D eigenvalue weighted by Crippen LogP contribution is -2.56. The number of imidazole rings is 1. The molecule has 3 atom stereocenters. The molecule has 0 saturated carbocycles. The number of hydrogen-bond acceptors (Lipinski definition) is 6. The number of benzene rings is 4. The zero-order valence-electron chi connectivity index (χ0n) is 30.4. The second-order valence-corrected chi connectivity index (χ2v) is 13.3. The van der Waals surface area contributed by atoms with Crippen LogP contribution in [0.25, 0.3) is 33.4 Å². The Labute approximate surface area is 319 Å². The summed E-state index contributed by atoms with van der Waals surface area (Å²) in [5.41, 5.74) is 23.8. The maximum absolute atomic E-state index is 14.1. The molecule has 0 spiro atoms. The predicted molar refractivity (Wildman–Crippen MR) is 215 cm³/mol. The Hall–Kier alpha value is -6.73. The number of aromatic nitrogens is 3. The van der Waals surface area contributed by atoms with Crippen LogP contribution in [0, 0.1) is 0 Å². The molecule has 13 nitrogen and oxygen atoms in total. The number of carbonyl (C=O) groups is 3. The van der Waals surface area contributed by atoms with Gasteiger partial charge < -0.3 is 43.1 Å². The van der Waals surface area contributed by atoms with Crippen molar-refractivity contribution in [2.24, 2.45) is 22.2 Å². The zero-order chi connectivity index (χ0) is 38.6. The van der Waals surface area contributed by atoms with Crippen molar-refractivity contribution in [3.63, 3.8) is 0 Å². The molecule has 0 fully saturated rings. The Balaban J connectivity index is 1.15. The average Bonchev–Trinajstić information content (AvgIpc) is 3.85. The first kappa shape index (κ1) is 38.0. The second kappa shape index (κ2) is 18.3. The summed E-state index contributed by atoms with van der Waals surface area (Å²) >= 11 is 0. The monoisotopic (exact) mass is 738 g/mol. The van der Waals surface area contributed by atoms with Gasteiger partial charge in [0.1, 0.15) is 17.9 Å². The van der Waals surface area contributed by atoms with Crippen LogP contribution >= 0.6 is 0 Å². The number of hydrogen-bond donors (Lipinski definition) is 8. The third kappa shape index (κ3) is 10.5. The summed E-state index contributed by atoms with van der Waals surface area (Å²) < 4.78 is 0. The lowest BCUT2D eigenvalue weighted by atomic mass is 10.0. The quantitative estimate of drug-likeness (QED) is 0.0394. The molecule has 2 heterocycles. The van der Waals surface area contributed by atoms with Gasteiger partial charge in [-0.05, 0) is 41.2 Å². The summed E-state index contributed by atoms with van der Waals surface area (Å²) in [6.07, 6.45) is 4.45. The molecule has 6 aromatic rings. The summed E-state index contributed by atoms with van der Waals surface area (Å²) in [6, 6.07) is 32.3. The van der Waals surface area contributed by atoms with Crippen molar-refractivity contribution in [1.29, 1.82) is 0 Å². The predicted octanol–water partition coefficient (Wildman–Crippen LogP) is 3.68. The minimum Gasteiger partial charge on any atom is -0.370 e. The fourth-order valence-corrected chi connectivity index (χ4v) is 6.35. The number of amides is 3. The first-order valence-electron chi connectivity index (χ1n) is 18.2. The highest BCUT2D eigenvalue weighted by atomic mass is 16.2. The number of H-pyrrole nitrogens is 2. The number of nitrogens with zero attached hydrogens (tertiary/aromatic N) is 2. The van der Waals surface area contributed by atoms with E-state index < -0.39 is 29.9 Å². The van der Waals surface area contributed by atoms with Gasteiger partial charge in [-0.25, -0.2) is 4.98 Å². The molecular weight excluding hydrogens is 693 g/mol. The number of aliphatic imine (C=N–C) groups is 1. The van der Waals surface area contributed by atoms with Gasteiger partial charge >= 0.3 is 0 Å². The molecule has 2 aromatic heterocycles. The number of aromatic amines is 2. The van der Waals surface area contributed by atoms with Crippen LogP contribution in [0.3, 0.4) is 0 Å². The number of fused-ring (bicyclic) bond motifs is 1. The van der Waals surface area contributed by atoms with E-state index in [-0.39, 0.29) is 44.2 Å². The SMILES string of the molecule is NC(N)=NCCC[C@H](NC(=O)[C@H](Cc1c[nH]c2ccccc12)NC(=O)[C@@H](N)Cc1cnc(-c2ccc(-c3ccccc3)cc2)[nH]1)C(=O)NCc1ccccc1. The summed E-state index contributed by atoms with van der Waals surface area (Å²) in [6.45, 7) is 0.554. The topological polar surface area (TPSA) is 222 Å². The van der Waals surface area contributed by atoms with Crippen LogP contribution in [0.1, 0.15) is 29.7 Å². The highest BCUT2D eigenvalue weighted by molar-refractivity contribution is 5.94. The molecule has 11 N–H and O–H groups in total. The summed E-state index contributed by atoms with van der Waals surface area (Å²) in [5.74, 6) is -0.844. The van der Waals surface area contributed by atoms with E-state index in [2.05, 4.69) is 48.0 Å². The zero-order valence-corrected chi connectivity index (χ0v) is 30.4. The Morgan fingerprint density at radius 1 is 0.727 bits per heavy atom. The van der Waals surface area contributed by atoms with Gasteiger partial charge in [-0.2, -0.15) is 0 Å². The minimum atomic E-state index is -1.06. The summed E-state index contributed by atoms with van der Waals surface area (Å²) in [5, 5.41) is 9.59. The van der Waals surface area contributed by atoms with Crippen LogP contribution in [-0.2, 0) is 33.8 Å². The summed E-state index contributed by atoms with van der Waals surface area (Å²) in [7, 11) is 0. The number of rotatable bonds is 17. The van der Waals surface area contributed by atoms with Crippen molar-refractivity contribution in [2.45, 2.75) is 50.4 Å². The first-order valence-corrected chi connectivity index (χ1v) is 18.2. The highest BCUT2D eigenvalue weighted by Crippen LogP contribution is 2.24. The van der Waals surface area contributed by atoms with Gasteiger partial charge in [0, 0.05) is 60.5 Å². The average molecular weight is 739 g/mol. The maximum atomic E-state index is 14.1. The third-order valence-electron chi connectivity index (χ3n) is 9.29. The lowest BCUT2D eigenvalue weighted by Gasteiger charge is -2.24. The molecule has 3 amide bonds. The van der Waals surface area contributed by atoms with Crippen molar-refractivity contribution >= 4 is 34.6 Å². The van der Waals surface area contributed by atoms with E-state index >= 15 is 0 Å². The van der Waals surface area contributed by atoms with Crippen LogP contribution in [0.4, 0.5) is 0 Å². The fourth-order valence-electron chi connectivity index (χ4n) is 6.35.